The summed E-state index contributed by atoms with van der Waals surface area (Å²) in [6, 6.07) is 22.3. The summed E-state index contributed by atoms with van der Waals surface area (Å²) in [6.07, 6.45) is 2.33. The first-order chi connectivity index (χ1) is 18.8. The molecule has 202 valence electrons. The van der Waals surface area contributed by atoms with Gasteiger partial charge in [-0.1, -0.05) is 41.9 Å². The number of piperazine rings is 1. The average Bonchev–Trinajstić information content (AvgIpc) is 2.94. The van der Waals surface area contributed by atoms with Gasteiger partial charge in [-0.3, -0.25) is 0 Å². The third-order valence-electron chi connectivity index (χ3n) is 7.00. The molecule has 1 aromatic heterocycles. The predicted octanol–water partition coefficient (Wildman–Crippen LogP) is 5.50. The highest BCUT2D eigenvalue weighted by atomic mass is 35.5. The Hall–Kier alpha value is -3.46. The maximum atomic E-state index is 12.9. The molecule has 5 rings (SSSR count). The first-order valence-corrected chi connectivity index (χ1v) is 15.0. The molecule has 2 heterocycles. The van der Waals surface area contributed by atoms with Crippen LogP contribution in [0.4, 0.5) is 17.3 Å². The zero-order valence-corrected chi connectivity index (χ0v) is 23.7. The van der Waals surface area contributed by atoms with Gasteiger partial charge >= 0.3 is 0 Å². The molecule has 0 amide bonds. The summed E-state index contributed by atoms with van der Waals surface area (Å²) in [4.78, 5) is 14.3. The van der Waals surface area contributed by atoms with Crippen LogP contribution >= 0.6 is 11.6 Å². The van der Waals surface area contributed by atoms with Crippen molar-refractivity contribution in [1.82, 2.24) is 14.9 Å². The number of rotatable bonds is 8. The van der Waals surface area contributed by atoms with Gasteiger partial charge in [0.2, 0.25) is 5.95 Å². The first-order valence-electron chi connectivity index (χ1n) is 12.9. The van der Waals surface area contributed by atoms with Gasteiger partial charge in [-0.2, -0.15) is 0 Å². The van der Waals surface area contributed by atoms with Crippen molar-refractivity contribution in [2.24, 2.45) is 0 Å². The molecule has 0 atom stereocenters. The summed E-state index contributed by atoms with van der Waals surface area (Å²) in [6.45, 7) is 6.16. The molecule has 1 saturated heterocycles. The lowest BCUT2D eigenvalue weighted by Gasteiger charge is -2.34. The molecular formula is C30H32ClN5O2S. The zero-order chi connectivity index (χ0) is 27.4. The van der Waals surface area contributed by atoms with Crippen molar-refractivity contribution in [3.63, 3.8) is 0 Å². The molecular weight excluding hydrogens is 530 g/mol. The Morgan fingerprint density at radius 2 is 1.67 bits per heavy atom. The van der Waals surface area contributed by atoms with Gasteiger partial charge in [0.15, 0.2) is 9.84 Å². The van der Waals surface area contributed by atoms with Gasteiger partial charge in [0.25, 0.3) is 0 Å². The average molecular weight is 562 g/mol. The highest BCUT2D eigenvalue weighted by molar-refractivity contribution is 7.90. The van der Waals surface area contributed by atoms with Gasteiger partial charge in [-0.05, 0) is 73.1 Å². The lowest BCUT2D eigenvalue weighted by atomic mass is 10.0. The molecule has 0 spiro atoms. The summed E-state index contributed by atoms with van der Waals surface area (Å²) >= 11 is 6.40. The van der Waals surface area contributed by atoms with E-state index in [9.17, 15) is 8.42 Å². The molecule has 1 aliphatic heterocycles. The lowest BCUT2D eigenvalue weighted by Crippen LogP contribution is -2.44. The summed E-state index contributed by atoms with van der Waals surface area (Å²) in [5.41, 5.74) is 5.46. The van der Waals surface area contributed by atoms with Crippen LogP contribution in [0, 0.1) is 6.92 Å². The lowest BCUT2D eigenvalue weighted by molar-refractivity contribution is 0.313. The molecule has 0 aliphatic carbocycles. The van der Waals surface area contributed by atoms with E-state index in [1.54, 1.807) is 42.6 Å². The molecule has 39 heavy (non-hydrogen) atoms. The molecule has 7 nitrogen and oxygen atoms in total. The number of anilines is 3. The number of benzene rings is 3. The first kappa shape index (κ1) is 27.1. The summed E-state index contributed by atoms with van der Waals surface area (Å²) < 4.78 is 25.9. The fraction of sp³-hybridized carbons (Fsp3) is 0.267. The van der Waals surface area contributed by atoms with Crippen LogP contribution in [0.2, 0.25) is 5.02 Å². The van der Waals surface area contributed by atoms with E-state index in [-0.39, 0.29) is 10.6 Å². The van der Waals surface area contributed by atoms with Crippen LogP contribution in [-0.4, -0.2) is 56.5 Å². The molecule has 4 aromatic rings. The van der Waals surface area contributed by atoms with Gasteiger partial charge in [0, 0.05) is 55.2 Å². The number of nitrogens with one attached hydrogen (secondary N) is 1. The van der Waals surface area contributed by atoms with E-state index in [4.69, 9.17) is 16.6 Å². The predicted molar refractivity (Wildman–Crippen MR) is 158 cm³/mol. The van der Waals surface area contributed by atoms with Crippen LogP contribution < -0.4 is 10.2 Å². The molecule has 0 bridgehead atoms. The molecule has 0 saturated carbocycles. The van der Waals surface area contributed by atoms with E-state index >= 15 is 0 Å². The van der Waals surface area contributed by atoms with Gasteiger partial charge in [0.05, 0.1) is 16.3 Å². The van der Waals surface area contributed by atoms with Crippen LogP contribution in [0.25, 0.3) is 0 Å². The number of nitrogens with zero attached hydrogens (tertiary/aromatic N) is 4. The second-order valence-electron chi connectivity index (χ2n) is 9.96. The Balaban J connectivity index is 1.29. The Labute approximate surface area is 235 Å². The molecule has 1 aliphatic rings. The van der Waals surface area contributed by atoms with Gasteiger partial charge < -0.3 is 15.1 Å². The number of hydrogen-bond donors (Lipinski definition) is 1. The fourth-order valence-electron chi connectivity index (χ4n) is 4.62. The molecule has 9 heteroatoms. The minimum Gasteiger partial charge on any atom is -0.369 e. The van der Waals surface area contributed by atoms with Gasteiger partial charge in [-0.15, -0.1) is 0 Å². The second-order valence-corrected chi connectivity index (χ2v) is 12.4. The molecule has 3 aromatic carbocycles. The quantitative estimate of drug-likeness (QED) is 0.304. The van der Waals surface area contributed by atoms with Crippen LogP contribution in [0.3, 0.4) is 0 Å². The normalized spacial score (nSPS) is 14.4. The number of aromatic nitrogens is 2. The van der Waals surface area contributed by atoms with Crippen molar-refractivity contribution in [1.29, 1.82) is 0 Å². The monoisotopic (exact) mass is 561 g/mol. The van der Waals surface area contributed by atoms with Crippen molar-refractivity contribution in [3.05, 3.63) is 106 Å². The van der Waals surface area contributed by atoms with E-state index in [1.165, 1.54) is 5.69 Å². The van der Waals surface area contributed by atoms with Crippen molar-refractivity contribution in [3.8, 4) is 0 Å². The highest BCUT2D eigenvalue weighted by Crippen LogP contribution is 2.26. The van der Waals surface area contributed by atoms with E-state index < -0.39 is 9.84 Å². The Bertz CT molecular complexity index is 1540. The fourth-order valence-corrected chi connectivity index (χ4v) is 6.27. The molecule has 0 unspecified atom stereocenters. The van der Waals surface area contributed by atoms with E-state index in [0.29, 0.717) is 23.0 Å². The van der Waals surface area contributed by atoms with E-state index in [0.717, 1.165) is 48.7 Å². The van der Waals surface area contributed by atoms with Crippen LogP contribution in [-0.2, 0) is 22.0 Å². The van der Waals surface area contributed by atoms with E-state index in [1.807, 2.05) is 19.1 Å². The number of sulfone groups is 1. The molecule has 0 radical (unpaired) electrons. The number of likely N-dealkylation sites (N-methyl/N-ethyl adjacent to an activating group) is 1. The van der Waals surface area contributed by atoms with Crippen molar-refractivity contribution >= 4 is 38.8 Å². The Morgan fingerprint density at radius 3 is 2.38 bits per heavy atom. The van der Waals surface area contributed by atoms with Gasteiger partial charge in [-0.25, -0.2) is 18.4 Å². The molecule has 1 N–H and O–H groups in total. The second kappa shape index (κ2) is 11.7. The molecule has 1 fully saturated rings. The van der Waals surface area contributed by atoms with Crippen molar-refractivity contribution < 1.29 is 8.42 Å². The topological polar surface area (TPSA) is 78.4 Å². The van der Waals surface area contributed by atoms with Crippen LogP contribution in [0.1, 0.15) is 22.4 Å². The van der Waals surface area contributed by atoms with Crippen LogP contribution in [0.15, 0.2) is 83.9 Å². The standard InChI is InChI=1S/C30H32ClN5O2S/c1-22-20-32-30(33-25-9-11-26(12-10-25)36-16-14-35(2)15-17-36)34-29(22)19-23-8-13-28(31)24(18-23)21-39(37,38)27-6-4-3-5-7-27/h3-13,18,20H,14-17,19,21H2,1-2H3,(H,32,33,34). The Morgan fingerprint density at radius 1 is 0.949 bits per heavy atom. The minimum atomic E-state index is -3.51. The van der Waals surface area contributed by atoms with Crippen molar-refractivity contribution in [2.45, 2.75) is 24.0 Å². The maximum absolute atomic E-state index is 12.9. The SMILES string of the molecule is Cc1cnc(Nc2ccc(N3CCN(C)CC3)cc2)nc1Cc1ccc(Cl)c(CS(=O)(=O)c2ccccc2)c1. The highest BCUT2D eigenvalue weighted by Gasteiger charge is 2.18. The third-order valence-corrected chi connectivity index (χ3v) is 9.05. The number of halogens is 1. The number of hydrogen-bond acceptors (Lipinski definition) is 7. The van der Waals surface area contributed by atoms with Gasteiger partial charge in [0.1, 0.15) is 0 Å². The summed E-state index contributed by atoms with van der Waals surface area (Å²) in [5, 5.41) is 3.75. The van der Waals surface area contributed by atoms with Crippen LogP contribution in [0.5, 0.6) is 0 Å². The minimum absolute atomic E-state index is 0.163. The largest absolute Gasteiger partial charge is 0.369 e. The summed E-state index contributed by atoms with van der Waals surface area (Å²) in [5.74, 6) is 0.354. The maximum Gasteiger partial charge on any atom is 0.227 e. The Kier molecular flexibility index (Phi) is 8.16. The summed E-state index contributed by atoms with van der Waals surface area (Å²) in [7, 11) is -1.36. The number of aryl methyl sites for hydroxylation is 1. The smallest absolute Gasteiger partial charge is 0.227 e. The zero-order valence-electron chi connectivity index (χ0n) is 22.1. The third kappa shape index (κ3) is 6.76. The van der Waals surface area contributed by atoms with Crippen molar-refractivity contribution in [2.75, 3.05) is 43.4 Å². The van der Waals surface area contributed by atoms with E-state index in [2.05, 4.69) is 51.4 Å².